The van der Waals surface area contributed by atoms with Gasteiger partial charge in [-0.2, -0.15) is 0 Å². The molecule has 1 atom stereocenters. The van der Waals surface area contributed by atoms with Crippen molar-refractivity contribution in [1.82, 2.24) is 5.32 Å². The Hall–Kier alpha value is -0.0800. The fourth-order valence-corrected chi connectivity index (χ4v) is 2.29. The van der Waals surface area contributed by atoms with Crippen LogP contribution in [0.15, 0.2) is 0 Å². The van der Waals surface area contributed by atoms with Crippen LogP contribution in [0.5, 0.6) is 0 Å². The quantitative estimate of drug-likeness (QED) is 0.675. The first-order valence-corrected chi connectivity index (χ1v) is 6.12. The maximum atomic E-state index is 5.24. The summed E-state index contributed by atoms with van der Waals surface area (Å²) in [5, 5.41) is 3.66. The van der Waals surface area contributed by atoms with Crippen molar-refractivity contribution in [2.45, 2.75) is 44.6 Å². The van der Waals surface area contributed by atoms with Gasteiger partial charge in [0.1, 0.15) is 0 Å². The minimum Gasteiger partial charge on any atom is -0.383 e. The largest absolute Gasteiger partial charge is 0.383 e. The van der Waals surface area contributed by atoms with Crippen LogP contribution in [-0.4, -0.2) is 26.3 Å². The molecule has 0 radical (unpaired) electrons. The van der Waals surface area contributed by atoms with Crippen LogP contribution >= 0.6 is 0 Å². The Balaban J connectivity index is 1.56. The van der Waals surface area contributed by atoms with Crippen LogP contribution in [0.3, 0.4) is 0 Å². The van der Waals surface area contributed by atoms with Gasteiger partial charge in [-0.3, -0.25) is 0 Å². The lowest BCUT2D eigenvalue weighted by molar-refractivity contribution is 0.155. The molecule has 1 unspecified atom stereocenters. The molecule has 0 aromatic heterocycles. The van der Waals surface area contributed by atoms with Gasteiger partial charge in [0.2, 0.25) is 0 Å². The molecule has 2 heteroatoms. The van der Waals surface area contributed by atoms with E-state index < -0.39 is 0 Å². The van der Waals surface area contributed by atoms with Gasteiger partial charge in [-0.25, -0.2) is 0 Å². The zero-order chi connectivity index (χ0) is 9.80. The second kappa shape index (κ2) is 5.13. The van der Waals surface area contributed by atoms with E-state index >= 15 is 0 Å². The highest BCUT2D eigenvalue weighted by Crippen LogP contribution is 2.33. The predicted octanol–water partition coefficient (Wildman–Crippen LogP) is 2.19. The van der Waals surface area contributed by atoms with Gasteiger partial charge in [-0.1, -0.05) is 19.3 Å². The van der Waals surface area contributed by atoms with Crippen molar-refractivity contribution in [3.8, 4) is 0 Å². The lowest BCUT2D eigenvalue weighted by Gasteiger charge is -2.26. The summed E-state index contributed by atoms with van der Waals surface area (Å²) in [5.41, 5.74) is 0. The Morgan fingerprint density at radius 1 is 1.29 bits per heavy atom. The van der Waals surface area contributed by atoms with E-state index in [1.807, 2.05) is 7.11 Å². The molecule has 1 N–H and O–H groups in total. The van der Waals surface area contributed by atoms with Crippen LogP contribution in [0.25, 0.3) is 0 Å². The summed E-state index contributed by atoms with van der Waals surface area (Å²) in [4.78, 5) is 0. The summed E-state index contributed by atoms with van der Waals surface area (Å²) in [6, 6.07) is 0.639. The third-order valence-electron chi connectivity index (χ3n) is 3.72. The van der Waals surface area contributed by atoms with Crippen molar-refractivity contribution in [2.75, 3.05) is 20.3 Å². The van der Waals surface area contributed by atoms with Crippen molar-refractivity contribution >= 4 is 0 Å². The van der Waals surface area contributed by atoms with E-state index in [-0.39, 0.29) is 0 Å². The topological polar surface area (TPSA) is 21.3 Å². The zero-order valence-corrected chi connectivity index (χ0v) is 9.30. The molecular formula is C12H23NO. The molecule has 0 bridgehead atoms. The molecule has 2 nitrogen and oxygen atoms in total. The molecule has 2 fully saturated rings. The number of ether oxygens (including phenoxy) is 1. The van der Waals surface area contributed by atoms with Crippen LogP contribution in [0.2, 0.25) is 0 Å². The molecule has 14 heavy (non-hydrogen) atoms. The molecule has 0 aromatic carbocycles. The zero-order valence-electron chi connectivity index (χ0n) is 9.30. The maximum Gasteiger partial charge on any atom is 0.0618 e. The second-order valence-electron chi connectivity index (χ2n) is 4.94. The highest BCUT2D eigenvalue weighted by Gasteiger charge is 2.30. The average molecular weight is 197 g/mol. The van der Waals surface area contributed by atoms with Crippen LogP contribution in [-0.2, 0) is 4.74 Å². The highest BCUT2D eigenvalue weighted by molar-refractivity contribution is 4.86. The lowest BCUT2D eigenvalue weighted by Crippen LogP contribution is -2.36. The molecule has 0 amide bonds. The number of hydrogen-bond acceptors (Lipinski definition) is 2. The monoisotopic (exact) mass is 197 g/mol. The van der Waals surface area contributed by atoms with Crippen molar-refractivity contribution in [3.63, 3.8) is 0 Å². The summed E-state index contributed by atoms with van der Waals surface area (Å²) in [7, 11) is 1.81. The molecule has 0 saturated heterocycles. The summed E-state index contributed by atoms with van der Waals surface area (Å²) in [5.74, 6) is 1.95. The standard InChI is InChI=1S/C12H23NO/c1-14-9-12(11-5-6-11)13-8-7-10-3-2-4-10/h10-13H,2-9H2,1H3. The SMILES string of the molecule is COCC(NCCC1CCC1)C1CC1. The van der Waals surface area contributed by atoms with Gasteiger partial charge in [-0.15, -0.1) is 0 Å². The van der Waals surface area contributed by atoms with Gasteiger partial charge in [0.25, 0.3) is 0 Å². The average Bonchev–Trinajstić information content (AvgIpc) is 2.90. The van der Waals surface area contributed by atoms with Crippen LogP contribution in [0, 0.1) is 11.8 Å². The molecule has 0 spiro atoms. The Morgan fingerprint density at radius 2 is 2.07 bits per heavy atom. The van der Waals surface area contributed by atoms with E-state index in [4.69, 9.17) is 4.74 Å². The minimum atomic E-state index is 0.639. The lowest BCUT2D eigenvalue weighted by atomic mass is 9.83. The molecular weight excluding hydrogens is 174 g/mol. The van der Waals surface area contributed by atoms with Crippen molar-refractivity contribution in [3.05, 3.63) is 0 Å². The fourth-order valence-electron chi connectivity index (χ4n) is 2.29. The highest BCUT2D eigenvalue weighted by atomic mass is 16.5. The van der Waals surface area contributed by atoms with Gasteiger partial charge in [0.15, 0.2) is 0 Å². The number of rotatable bonds is 7. The van der Waals surface area contributed by atoms with E-state index in [1.54, 1.807) is 0 Å². The normalized spacial score (nSPS) is 24.6. The first-order valence-electron chi connectivity index (χ1n) is 6.12. The van der Waals surface area contributed by atoms with Crippen LogP contribution < -0.4 is 5.32 Å². The van der Waals surface area contributed by atoms with E-state index in [0.29, 0.717) is 6.04 Å². The number of nitrogens with one attached hydrogen (secondary N) is 1. The third-order valence-corrected chi connectivity index (χ3v) is 3.72. The van der Waals surface area contributed by atoms with Gasteiger partial charge >= 0.3 is 0 Å². The molecule has 2 saturated carbocycles. The van der Waals surface area contributed by atoms with Crippen molar-refractivity contribution < 1.29 is 4.74 Å². The molecule has 2 rings (SSSR count). The molecule has 82 valence electrons. The van der Waals surface area contributed by atoms with E-state index in [9.17, 15) is 0 Å². The van der Waals surface area contributed by atoms with Gasteiger partial charge < -0.3 is 10.1 Å². The Kier molecular flexibility index (Phi) is 3.82. The van der Waals surface area contributed by atoms with E-state index in [2.05, 4.69) is 5.32 Å². The number of methoxy groups -OCH3 is 1. The Morgan fingerprint density at radius 3 is 2.57 bits per heavy atom. The minimum absolute atomic E-state index is 0.639. The summed E-state index contributed by atoms with van der Waals surface area (Å²) < 4.78 is 5.24. The predicted molar refractivity (Wildman–Crippen MR) is 58.3 cm³/mol. The van der Waals surface area contributed by atoms with E-state index in [1.165, 1.54) is 45.1 Å². The first kappa shape index (κ1) is 10.4. The fraction of sp³-hybridized carbons (Fsp3) is 1.00. The molecule has 2 aliphatic rings. The van der Waals surface area contributed by atoms with Gasteiger partial charge in [0, 0.05) is 13.2 Å². The Bertz CT molecular complexity index is 164. The summed E-state index contributed by atoms with van der Waals surface area (Å²) in [6.45, 7) is 2.10. The van der Waals surface area contributed by atoms with Crippen LogP contribution in [0.4, 0.5) is 0 Å². The Labute approximate surface area is 87.4 Å². The van der Waals surface area contributed by atoms with Gasteiger partial charge in [-0.05, 0) is 37.6 Å². The summed E-state index contributed by atoms with van der Waals surface area (Å²) >= 11 is 0. The maximum absolute atomic E-state index is 5.24. The third kappa shape index (κ3) is 2.96. The molecule has 0 aromatic rings. The smallest absolute Gasteiger partial charge is 0.0618 e. The van der Waals surface area contributed by atoms with Crippen LogP contribution in [0.1, 0.15) is 38.5 Å². The number of hydrogen-bond donors (Lipinski definition) is 1. The first-order chi connectivity index (χ1) is 6.90. The van der Waals surface area contributed by atoms with E-state index in [0.717, 1.165) is 18.4 Å². The van der Waals surface area contributed by atoms with Crippen molar-refractivity contribution in [1.29, 1.82) is 0 Å². The molecule has 0 heterocycles. The van der Waals surface area contributed by atoms with Crippen molar-refractivity contribution in [2.24, 2.45) is 11.8 Å². The molecule has 0 aliphatic heterocycles. The second-order valence-corrected chi connectivity index (χ2v) is 4.94. The summed E-state index contributed by atoms with van der Waals surface area (Å²) in [6.07, 6.45) is 8.61. The molecule has 2 aliphatic carbocycles. The van der Waals surface area contributed by atoms with Gasteiger partial charge in [0.05, 0.1) is 6.61 Å².